The number of ether oxygens (including phenoxy) is 2. The van der Waals surface area contributed by atoms with Crippen molar-refractivity contribution in [1.29, 1.82) is 0 Å². The minimum Gasteiger partial charge on any atom is -0.497 e. The molecule has 2 saturated heterocycles. The molecule has 2 atom stereocenters. The van der Waals surface area contributed by atoms with Crippen LogP contribution >= 0.6 is 0 Å². The van der Waals surface area contributed by atoms with Crippen LogP contribution in [0.1, 0.15) is 24.8 Å². The molecule has 1 aromatic carbocycles. The molecule has 0 aromatic heterocycles. The van der Waals surface area contributed by atoms with Crippen molar-refractivity contribution in [3.05, 3.63) is 29.8 Å². The zero-order chi connectivity index (χ0) is 17.3. The highest BCUT2D eigenvalue weighted by Crippen LogP contribution is 2.45. The molecule has 0 amide bonds. The molecule has 0 unspecified atom stereocenters. The summed E-state index contributed by atoms with van der Waals surface area (Å²) in [5.41, 5.74) is 1.83. The minimum atomic E-state index is 0.442. The molecule has 4 nitrogen and oxygen atoms in total. The SMILES string of the molecule is COC[C@@H]1CN(CC2CC2)C[C@@]12CCN(Cc1ccc(OC)cc1)C2. The number of hydrogen-bond donors (Lipinski definition) is 0. The Hall–Kier alpha value is -1.10. The Labute approximate surface area is 152 Å². The van der Waals surface area contributed by atoms with Gasteiger partial charge in [-0.3, -0.25) is 4.90 Å². The average molecular weight is 344 g/mol. The van der Waals surface area contributed by atoms with E-state index in [1.54, 1.807) is 7.11 Å². The number of nitrogens with zero attached hydrogens (tertiary/aromatic N) is 2. The van der Waals surface area contributed by atoms with E-state index in [-0.39, 0.29) is 0 Å². The van der Waals surface area contributed by atoms with Crippen LogP contribution in [0.4, 0.5) is 0 Å². The second-order valence-corrected chi connectivity index (χ2v) is 8.46. The van der Waals surface area contributed by atoms with Crippen molar-refractivity contribution in [2.24, 2.45) is 17.3 Å². The molecule has 0 N–H and O–H groups in total. The van der Waals surface area contributed by atoms with E-state index in [1.165, 1.54) is 57.5 Å². The molecular formula is C21H32N2O2. The molecule has 1 saturated carbocycles. The predicted molar refractivity (Wildman–Crippen MR) is 99.9 cm³/mol. The third kappa shape index (κ3) is 3.86. The van der Waals surface area contributed by atoms with Gasteiger partial charge in [-0.15, -0.1) is 0 Å². The molecule has 25 heavy (non-hydrogen) atoms. The van der Waals surface area contributed by atoms with Gasteiger partial charge in [0.2, 0.25) is 0 Å². The fraction of sp³-hybridized carbons (Fsp3) is 0.714. The molecule has 2 aliphatic heterocycles. The summed E-state index contributed by atoms with van der Waals surface area (Å²) in [6, 6.07) is 8.54. The smallest absolute Gasteiger partial charge is 0.118 e. The molecule has 1 aromatic rings. The van der Waals surface area contributed by atoms with Crippen LogP contribution < -0.4 is 4.74 Å². The maximum absolute atomic E-state index is 5.60. The van der Waals surface area contributed by atoms with Gasteiger partial charge in [-0.25, -0.2) is 0 Å². The molecule has 1 aliphatic carbocycles. The number of methoxy groups -OCH3 is 2. The highest BCUT2D eigenvalue weighted by molar-refractivity contribution is 5.27. The van der Waals surface area contributed by atoms with E-state index >= 15 is 0 Å². The van der Waals surface area contributed by atoms with Crippen molar-refractivity contribution in [1.82, 2.24) is 9.80 Å². The van der Waals surface area contributed by atoms with Gasteiger partial charge in [-0.1, -0.05) is 12.1 Å². The third-order valence-corrected chi connectivity index (χ3v) is 6.49. The zero-order valence-corrected chi connectivity index (χ0v) is 15.7. The van der Waals surface area contributed by atoms with Crippen molar-refractivity contribution in [3.63, 3.8) is 0 Å². The second kappa shape index (κ2) is 7.26. The third-order valence-electron chi connectivity index (χ3n) is 6.49. The van der Waals surface area contributed by atoms with Crippen molar-refractivity contribution >= 4 is 0 Å². The summed E-state index contributed by atoms with van der Waals surface area (Å²) >= 11 is 0. The fourth-order valence-electron chi connectivity index (χ4n) is 4.95. The van der Waals surface area contributed by atoms with Crippen LogP contribution in [0.5, 0.6) is 5.75 Å². The Morgan fingerprint density at radius 1 is 1.08 bits per heavy atom. The van der Waals surface area contributed by atoms with Crippen molar-refractivity contribution in [3.8, 4) is 5.75 Å². The molecule has 4 rings (SSSR count). The van der Waals surface area contributed by atoms with Gasteiger partial charge in [0.05, 0.1) is 13.7 Å². The second-order valence-electron chi connectivity index (χ2n) is 8.46. The summed E-state index contributed by atoms with van der Waals surface area (Å²) in [7, 11) is 3.59. The zero-order valence-electron chi connectivity index (χ0n) is 15.7. The first kappa shape index (κ1) is 17.3. The van der Waals surface area contributed by atoms with Gasteiger partial charge in [-0.05, 0) is 49.4 Å². The van der Waals surface area contributed by atoms with Gasteiger partial charge in [0.1, 0.15) is 5.75 Å². The van der Waals surface area contributed by atoms with Gasteiger partial charge in [-0.2, -0.15) is 0 Å². The lowest BCUT2D eigenvalue weighted by Gasteiger charge is -2.30. The Kier molecular flexibility index (Phi) is 5.03. The fourth-order valence-corrected chi connectivity index (χ4v) is 4.95. The first-order valence-electron chi connectivity index (χ1n) is 9.77. The van der Waals surface area contributed by atoms with Crippen LogP contribution in [0.2, 0.25) is 0 Å². The first-order valence-corrected chi connectivity index (χ1v) is 9.77. The van der Waals surface area contributed by atoms with E-state index in [2.05, 4.69) is 34.1 Å². The molecular weight excluding hydrogens is 312 g/mol. The van der Waals surface area contributed by atoms with Crippen LogP contribution in [0.15, 0.2) is 24.3 Å². The normalized spacial score (nSPS) is 30.4. The molecule has 1 spiro atoms. The number of benzene rings is 1. The minimum absolute atomic E-state index is 0.442. The largest absolute Gasteiger partial charge is 0.497 e. The maximum Gasteiger partial charge on any atom is 0.118 e. The van der Waals surface area contributed by atoms with Crippen LogP contribution in [-0.2, 0) is 11.3 Å². The average Bonchev–Trinajstić information content (AvgIpc) is 3.25. The van der Waals surface area contributed by atoms with Crippen LogP contribution in [0.25, 0.3) is 0 Å². The van der Waals surface area contributed by atoms with Crippen molar-refractivity contribution in [2.45, 2.75) is 25.8 Å². The van der Waals surface area contributed by atoms with E-state index in [4.69, 9.17) is 9.47 Å². The maximum atomic E-state index is 5.60. The van der Waals surface area contributed by atoms with Crippen molar-refractivity contribution < 1.29 is 9.47 Å². The number of rotatable bonds is 7. The van der Waals surface area contributed by atoms with Gasteiger partial charge in [0.15, 0.2) is 0 Å². The van der Waals surface area contributed by atoms with E-state index in [1.807, 2.05) is 7.11 Å². The van der Waals surface area contributed by atoms with Crippen LogP contribution in [0, 0.1) is 17.3 Å². The predicted octanol–water partition coefficient (Wildman–Crippen LogP) is 2.88. The van der Waals surface area contributed by atoms with Gasteiger partial charge in [0.25, 0.3) is 0 Å². The lowest BCUT2D eigenvalue weighted by molar-refractivity contribution is 0.0959. The topological polar surface area (TPSA) is 24.9 Å². The number of hydrogen-bond acceptors (Lipinski definition) is 4. The van der Waals surface area contributed by atoms with Crippen LogP contribution in [0.3, 0.4) is 0 Å². The Bertz CT molecular complexity index is 572. The van der Waals surface area contributed by atoms with E-state index < -0.39 is 0 Å². The molecule has 4 heteroatoms. The summed E-state index contributed by atoms with van der Waals surface area (Å²) in [5.74, 6) is 2.61. The van der Waals surface area contributed by atoms with Gasteiger partial charge < -0.3 is 14.4 Å². The van der Waals surface area contributed by atoms with E-state index in [0.29, 0.717) is 11.3 Å². The molecule has 2 heterocycles. The van der Waals surface area contributed by atoms with Gasteiger partial charge in [0, 0.05) is 51.2 Å². The Morgan fingerprint density at radius 3 is 2.52 bits per heavy atom. The summed E-state index contributed by atoms with van der Waals surface area (Å²) < 4.78 is 10.9. The molecule has 3 fully saturated rings. The summed E-state index contributed by atoms with van der Waals surface area (Å²) in [4.78, 5) is 5.38. The monoisotopic (exact) mass is 344 g/mol. The molecule has 138 valence electrons. The summed E-state index contributed by atoms with van der Waals surface area (Å²) in [5, 5.41) is 0. The Morgan fingerprint density at radius 2 is 1.84 bits per heavy atom. The Balaban J connectivity index is 1.39. The van der Waals surface area contributed by atoms with E-state index in [9.17, 15) is 0 Å². The molecule has 0 bridgehead atoms. The summed E-state index contributed by atoms with van der Waals surface area (Å²) in [6.45, 7) is 8.22. The molecule has 3 aliphatic rings. The first-order chi connectivity index (χ1) is 12.2. The number of likely N-dealkylation sites (tertiary alicyclic amines) is 2. The van der Waals surface area contributed by atoms with Crippen LogP contribution in [-0.4, -0.2) is 63.4 Å². The quantitative estimate of drug-likeness (QED) is 0.759. The van der Waals surface area contributed by atoms with Crippen molar-refractivity contribution in [2.75, 3.05) is 53.6 Å². The highest BCUT2D eigenvalue weighted by Gasteiger charge is 2.50. The lowest BCUT2D eigenvalue weighted by atomic mass is 9.77. The van der Waals surface area contributed by atoms with E-state index in [0.717, 1.165) is 24.8 Å². The highest BCUT2D eigenvalue weighted by atomic mass is 16.5. The van der Waals surface area contributed by atoms with Gasteiger partial charge >= 0.3 is 0 Å². The summed E-state index contributed by atoms with van der Waals surface area (Å²) in [6.07, 6.45) is 4.21. The lowest BCUT2D eigenvalue weighted by Crippen LogP contribution is -2.36. The standard InChI is InChI=1S/C21H32N2O2/c1-24-14-19-13-23(12-17-3-4-17)16-21(19)9-10-22(15-21)11-18-5-7-20(25-2)8-6-18/h5-8,17,19H,3-4,9-16H2,1-2H3/t19-,21-/m0/s1. The molecule has 0 radical (unpaired) electrons.